The van der Waals surface area contributed by atoms with Crippen molar-refractivity contribution in [3.63, 3.8) is 0 Å². The van der Waals surface area contributed by atoms with Crippen LogP contribution in [0.25, 0.3) is 4.85 Å². The molecule has 0 amide bonds. The van der Waals surface area contributed by atoms with Crippen LogP contribution < -0.4 is 5.73 Å². The maximum absolute atomic E-state index is 7.09. The van der Waals surface area contributed by atoms with E-state index in [1.54, 1.807) is 6.20 Å². The smallest absolute Gasteiger partial charge is 0.234 e. The van der Waals surface area contributed by atoms with Crippen LogP contribution in [0, 0.1) is 13.5 Å². The minimum atomic E-state index is -0.523. The first-order valence-electron chi connectivity index (χ1n) is 5.06. The van der Waals surface area contributed by atoms with Gasteiger partial charge in [0.1, 0.15) is 5.82 Å². The molecule has 1 aromatic heterocycles. The second-order valence-corrected chi connectivity index (χ2v) is 5.60. The van der Waals surface area contributed by atoms with Crippen molar-refractivity contribution in [2.45, 2.75) is 37.8 Å². The molecule has 4 nitrogen and oxygen atoms in total. The Morgan fingerprint density at radius 2 is 2.19 bits per heavy atom. The molecule has 1 heterocycles. The average Bonchev–Trinajstić information content (AvgIpc) is 2.19. The summed E-state index contributed by atoms with van der Waals surface area (Å²) in [6, 6.07) is 0. The van der Waals surface area contributed by atoms with Gasteiger partial charge < -0.3 is 10.6 Å². The standard InChI is InChI=1S/C11H13BrN4/c1-7-8(12)4-15-9(16-7)11(13)5-10(2,6-11)14-3/h4H,5-6,13H2,1-2H3. The van der Waals surface area contributed by atoms with Crippen molar-refractivity contribution in [3.8, 4) is 0 Å². The second-order valence-electron chi connectivity index (χ2n) is 4.75. The highest BCUT2D eigenvalue weighted by atomic mass is 79.9. The molecule has 0 atom stereocenters. The molecule has 0 unspecified atom stereocenters. The van der Waals surface area contributed by atoms with Crippen LogP contribution in [0.3, 0.4) is 0 Å². The second kappa shape index (κ2) is 3.51. The van der Waals surface area contributed by atoms with Crippen LogP contribution in [0.2, 0.25) is 0 Å². The zero-order valence-electron chi connectivity index (χ0n) is 9.29. The van der Waals surface area contributed by atoms with Gasteiger partial charge in [-0.3, -0.25) is 0 Å². The first-order valence-corrected chi connectivity index (χ1v) is 5.85. The molecule has 2 rings (SSSR count). The van der Waals surface area contributed by atoms with Crippen molar-refractivity contribution >= 4 is 15.9 Å². The van der Waals surface area contributed by atoms with Gasteiger partial charge in [0.25, 0.3) is 0 Å². The fraction of sp³-hybridized carbons (Fsp3) is 0.545. The summed E-state index contributed by atoms with van der Waals surface area (Å²) in [4.78, 5) is 12.2. The van der Waals surface area contributed by atoms with Crippen LogP contribution in [-0.2, 0) is 5.54 Å². The van der Waals surface area contributed by atoms with Gasteiger partial charge in [0.05, 0.1) is 28.5 Å². The Hall–Kier alpha value is -0.990. The zero-order valence-corrected chi connectivity index (χ0v) is 10.9. The van der Waals surface area contributed by atoms with Crippen LogP contribution >= 0.6 is 15.9 Å². The molecule has 84 valence electrons. The molecule has 1 aliphatic carbocycles. The molecule has 0 radical (unpaired) electrons. The van der Waals surface area contributed by atoms with Gasteiger partial charge in [0, 0.05) is 13.1 Å². The molecule has 0 saturated heterocycles. The topological polar surface area (TPSA) is 56.2 Å². The monoisotopic (exact) mass is 280 g/mol. The van der Waals surface area contributed by atoms with Crippen molar-refractivity contribution in [1.82, 2.24) is 9.97 Å². The summed E-state index contributed by atoms with van der Waals surface area (Å²) in [5.74, 6) is 0.648. The molecule has 0 aliphatic heterocycles. The molecule has 5 heteroatoms. The zero-order chi connectivity index (χ0) is 12.0. The lowest BCUT2D eigenvalue weighted by molar-refractivity contribution is 0.148. The normalized spacial score (nSPS) is 32.9. The minimum absolute atomic E-state index is 0.334. The summed E-state index contributed by atoms with van der Waals surface area (Å²) in [7, 11) is 0. The van der Waals surface area contributed by atoms with Gasteiger partial charge in [-0.1, -0.05) is 0 Å². The summed E-state index contributed by atoms with van der Waals surface area (Å²) in [6.07, 6.45) is 2.98. The maximum Gasteiger partial charge on any atom is 0.234 e. The quantitative estimate of drug-likeness (QED) is 0.803. The number of nitrogens with two attached hydrogens (primary N) is 1. The summed E-state index contributed by atoms with van der Waals surface area (Å²) >= 11 is 3.36. The van der Waals surface area contributed by atoms with Gasteiger partial charge in [-0.2, -0.15) is 0 Å². The first-order chi connectivity index (χ1) is 7.38. The van der Waals surface area contributed by atoms with Crippen LogP contribution in [0.15, 0.2) is 10.7 Å². The van der Waals surface area contributed by atoms with E-state index in [-0.39, 0.29) is 5.54 Å². The fourth-order valence-electron chi connectivity index (χ4n) is 2.24. The third kappa shape index (κ3) is 1.72. The average molecular weight is 281 g/mol. The highest BCUT2D eigenvalue weighted by molar-refractivity contribution is 9.10. The number of nitrogens with zero attached hydrogens (tertiary/aromatic N) is 3. The number of rotatable bonds is 1. The number of aryl methyl sites for hydroxylation is 1. The molecule has 0 spiro atoms. The Morgan fingerprint density at radius 1 is 1.56 bits per heavy atom. The Labute approximate surface area is 103 Å². The molecule has 0 bridgehead atoms. The maximum atomic E-state index is 7.09. The molecular formula is C11H13BrN4. The van der Waals surface area contributed by atoms with Crippen molar-refractivity contribution in [3.05, 3.63) is 33.6 Å². The lowest BCUT2D eigenvalue weighted by Crippen LogP contribution is -2.57. The number of hydrogen-bond acceptors (Lipinski definition) is 3. The van der Waals surface area contributed by atoms with Crippen molar-refractivity contribution < 1.29 is 0 Å². The summed E-state index contributed by atoms with van der Waals surface area (Å²) in [5.41, 5.74) is 6.23. The third-order valence-electron chi connectivity index (χ3n) is 3.03. The van der Waals surface area contributed by atoms with Crippen molar-refractivity contribution in [2.24, 2.45) is 5.73 Å². The van der Waals surface area contributed by atoms with E-state index in [4.69, 9.17) is 12.3 Å². The third-order valence-corrected chi connectivity index (χ3v) is 3.81. The van der Waals surface area contributed by atoms with E-state index in [2.05, 4.69) is 30.7 Å². The Balaban J connectivity index is 2.27. The van der Waals surface area contributed by atoms with E-state index in [9.17, 15) is 0 Å². The van der Waals surface area contributed by atoms with Gasteiger partial charge in [0.2, 0.25) is 5.54 Å². The fourth-order valence-corrected chi connectivity index (χ4v) is 2.43. The van der Waals surface area contributed by atoms with E-state index in [0.29, 0.717) is 18.7 Å². The molecule has 16 heavy (non-hydrogen) atoms. The van der Waals surface area contributed by atoms with E-state index in [1.165, 1.54) is 0 Å². The van der Waals surface area contributed by atoms with Gasteiger partial charge in [-0.05, 0) is 22.9 Å². The lowest BCUT2D eigenvalue weighted by atomic mass is 9.64. The van der Waals surface area contributed by atoms with Gasteiger partial charge in [0.15, 0.2) is 0 Å². The summed E-state index contributed by atoms with van der Waals surface area (Å²) < 4.78 is 0.882. The van der Waals surface area contributed by atoms with Gasteiger partial charge >= 0.3 is 0 Å². The SMILES string of the molecule is [C-]#[N+]C1(C)CC(N)(c2ncc(Br)c(C)n2)C1. The molecule has 1 fully saturated rings. The summed E-state index contributed by atoms with van der Waals surface area (Å²) in [6.45, 7) is 10.9. The van der Waals surface area contributed by atoms with Crippen LogP contribution in [0.1, 0.15) is 31.3 Å². The Bertz CT molecular complexity index is 471. The Morgan fingerprint density at radius 3 is 2.69 bits per heavy atom. The van der Waals surface area contributed by atoms with Crippen LogP contribution in [-0.4, -0.2) is 15.5 Å². The lowest BCUT2D eigenvalue weighted by Gasteiger charge is -2.43. The van der Waals surface area contributed by atoms with E-state index in [0.717, 1.165) is 10.2 Å². The van der Waals surface area contributed by atoms with E-state index >= 15 is 0 Å². The predicted octanol–water partition coefficient (Wildman–Crippen LogP) is 2.17. The van der Waals surface area contributed by atoms with E-state index in [1.807, 2.05) is 13.8 Å². The van der Waals surface area contributed by atoms with Gasteiger partial charge in [-0.25, -0.2) is 16.5 Å². The first kappa shape index (κ1) is 11.5. The largest absolute Gasteiger partial charge is 0.318 e. The molecule has 1 saturated carbocycles. The summed E-state index contributed by atoms with van der Waals surface area (Å²) in [5, 5.41) is 0. The number of aromatic nitrogens is 2. The molecular weight excluding hydrogens is 268 g/mol. The molecule has 1 aromatic rings. The molecule has 2 N–H and O–H groups in total. The predicted molar refractivity (Wildman–Crippen MR) is 64.6 cm³/mol. The number of halogens is 1. The van der Waals surface area contributed by atoms with E-state index < -0.39 is 5.54 Å². The van der Waals surface area contributed by atoms with Crippen LogP contribution in [0.4, 0.5) is 0 Å². The molecule has 1 aliphatic rings. The number of hydrogen-bond donors (Lipinski definition) is 1. The van der Waals surface area contributed by atoms with Gasteiger partial charge in [-0.15, -0.1) is 0 Å². The Kier molecular flexibility index (Phi) is 2.52. The highest BCUT2D eigenvalue weighted by Gasteiger charge is 2.57. The van der Waals surface area contributed by atoms with Crippen molar-refractivity contribution in [1.29, 1.82) is 0 Å². The van der Waals surface area contributed by atoms with Crippen LogP contribution in [0.5, 0.6) is 0 Å². The minimum Gasteiger partial charge on any atom is -0.318 e. The van der Waals surface area contributed by atoms with Crippen molar-refractivity contribution in [2.75, 3.05) is 0 Å². The molecule has 0 aromatic carbocycles. The highest BCUT2D eigenvalue weighted by Crippen LogP contribution is 2.47.